The molecule has 0 aliphatic carbocycles. The van der Waals surface area contributed by atoms with Crippen molar-refractivity contribution in [2.45, 2.75) is 50.7 Å². The predicted octanol–water partition coefficient (Wildman–Crippen LogP) is 1.49. The maximum atomic E-state index is 9.22. The van der Waals surface area contributed by atoms with Crippen LogP contribution in [-0.2, 0) is 0 Å². The maximum absolute atomic E-state index is 9.22. The van der Waals surface area contributed by atoms with E-state index in [2.05, 4.69) is 0 Å². The van der Waals surface area contributed by atoms with Crippen molar-refractivity contribution >= 4 is 0 Å². The third kappa shape index (κ3) is 9.72. The van der Waals surface area contributed by atoms with E-state index in [9.17, 15) is 10.2 Å². The molecule has 0 spiro atoms. The number of rotatable bonds is 14. The molecule has 1 rings (SSSR count). The number of unbranched alkanes of at least 4 members (excludes halogenated alkanes) is 2. The molecule has 0 saturated carbocycles. The van der Waals surface area contributed by atoms with Gasteiger partial charge in [0.25, 0.3) is 0 Å². The lowest BCUT2D eigenvalue weighted by atomic mass is 10.2. The first kappa shape index (κ1) is 20.7. The molecule has 1 aromatic carbocycles. The summed E-state index contributed by atoms with van der Waals surface area (Å²) in [6.45, 7) is 0.770. The number of aliphatic hydroxyl groups is 4. The Labute approximate surface area is 143 Å². The first-order chi connectivity index (χ1) is 11.7. The first-order valence-electron chi connectivity index (χ1n) is 8.59. The van der Waals surface area contributed by atoms with E-state index in [4.69, 9.17) is 19.7 Å². The van der Waals surface area contributed by atoms with Crippen molar-refractivity contribution in [1.82, 2.24) is 0 Å². The molecule has 2 atom stereocenters. The van der Waals surface area contributed by atoms with E-state index in [0.717, 1.165) is 37.2 Å². The summed E-state index contributed by atoms with van der Waals surface area (Å²) in [4.78, 5) is 0. The van der Waals surface area contributed by atoms with E-state index in [-0.39, 0.29) is 13.2 Å². The minimum Gasteiger partial charge on any atom is -0.494 e. The van der Waals surface area contributed by atoms with E-state index in [1.54, 1.807) is 0 Å². The van der Waals surface area contributed by atoms with Crippen molar-refractivity contribution in [2.24, 2.45) is 0 Å². The topological polar surface area (TPSA) is 99.4 Å². The molecule has 0 amide bonds. The van der Waals surface area contributed by atoms with Crippen LogP contribution >= 0.6 is 0 Å². The molecular weight excluding hydrogens is 312 g/mol. The average molecular weight is 342 g/mol. The van der Waals surface area contributed by atoms with Crippen molar-refractivity contribution in [2.75, 3.05) is 26.4 Å². The van der Waals surface area contributed by atoms with E-state index < -0.39 is 12.2 Å². The third-order valence-electron chi connectivity index (χ3n) is 3.65. The number of aliphatic hydroxyl groups excluding tert-OH is 4. The van der Waals surface area contributed by atoms with Gasteiger partial charge in [-0.2, -0.15) is 0 Å². The molecule has 0 fully saturated rings. The highest BCUT2D eigenvalue weighted by atomic mass is 16.5. The minimum absolute atomic E-state index is 0.190. The van der Waals surface area contributed by atoms with Gasteiger partial charge < -0.3 is 29.9 Å². The smallest absolute Gasteiger partial charge is 0.119 e. The SMILES string of the molecule is OC[C@H](O)CCCCOc1ccc(OCCCC[C@@H](O)CO)cc1. The molecule has 0 heterocycles. The molecule has 0 aliphatic rings. The van der Waals surface area contributed by atoms with E-state index >= 15 is 0 Å². The molecule has 0 unspecified atom stereocenters. The quantitative estimate of drug-likeness (QED) is 0.382. The van der Waals surface area contributed by atoms with Gasteiger partial charge in [0, 0.05) is 0 Å². The summed E-state index contributed by atoms with van der Waals surface area (Å²) in [5.74, 6) is 1.55. The van der Waals surface area contributed by atoms with Gasteiger partial charge in [-0.25, -0.2) is 0 Å². The van der Waals surface area contributed by atoms with E-state index in [1.807, 2.05) is 24.3 Å². The largest absolute Gasteiger partial charge is 0.494 e. The molecule has 0 aromatic heterocycles. The fraction of sp³-hybridized carbons (Fsp3) is 0.667. The average Bonchev–Trinajstić information content (AvgIpc) is 2.61. The summed E-state index contributed by atoms with van der Waals surface area (Å²) < 4.78 is 11.2. The maximum Gasteiger partial charge on any atom is 0.119 e. The second kappa shape index (κ2) is 13.0. The Hall–Kier alpha value is -1.34. The third-order valence-corrected chi connectivity index (χ3v) is 3.65. The zero-order valence-corrected chi connectivity index (χ0v) is 14.1. The normalized spacial score (nSPS) is 13.5. The molecular formula is C18H30O6. The van der Waals surface area contributed by atoms with Crippen LogP contribution in [0.15, 0.2) is 24.3 Å². The highest BCUT2D eigenvalue weighted by Crippen LogP contribution is 2.18. The Kier molecular flexibility index (Phi) is 11.2. The molecule has 138 valence electrons. The van der Waals surface area contributed by atoms with Crippen molar-refractivity contribution in [3.8, 4) is 11.5 Å². The zero-order valence-electron chi connectivity index (χ0n) is 14.1. The Balaban J connectivity index is 2.10. The summed E-state index contributed by atoms with van der Waals surface area (Å²) in [7, 11) is 0. The first-order valence-corrected chi connectivity index (χ1v) is 8.59. The van der Waals surface area contributed by atoms with Gasteiger partial charge in [0.2, 0.25) is 0 Å². The monoisotopic (exact) mass is 342 g/mol. The molecule has 1 aromatic rings. The molecule has 0 aliphatic heterocycles. The van der Waals surface area contributed by atoms with Crippen LogP contribution in [0.25, 0.3) is 0 Å². The predicted molar refractivity (Wildman–Crippen MR) is 91.3 cm³/mol. The molecule has 0 saturated heterocycles. The second-order valence-corrected chi connectivity index (χ2v) is 5.83. The molecule has 6 heteroatoms. The van der Waals surface area contributed by atoms with Gasteiger partial charge >= 0.3 is 0 Å². The lowest BCUT2D eigenvalue weighted by Gasteiger charge is -2.10. The lowest BCUT2D eigenvalue weighted by molar-refractivity contribution is 0.0850. The van der Waals surface area contributed by atoms with Gasteiger partial charge in [-0.3, -0.25) is 0 Å². The van der Waals surface area contributed by atoms with Crippen LogP contribution in [0.5, 0.6) is 11.5 Å². The van der Waals surface area contributed by atoms with Crippen LogP contribution < -0.4 is 9.47 Å². The molecule has 24 heavy (non-hydrogen) atoms. The highest BCUT2D eigenvalue weighted by Gasteiger charge is 2.03. The van der Waals surface area contributed by atoms with Crippen LogP contribution in [0.3, 0.4) is 0 Å². The Bertz CT molecular complexity index is 369. The summed E-state index contributed by atoms with van der Waals surface area (Å²) in [6.07, 6.45) is 3.19. The molecule has 0 radical (unpaired) electrons. The van der Waals surface area contributed by atoms with Gasteiger partial charge in [0.1, 0.15) is 11.5 Å². The molecule has 6 nitrogen and oxygen atoms in total. The van der Waals surface area contributed by atoms with Gasteiger partial charge in [-0.15, -0.1) is 0 Å². The number of ether oxygens (including phenoxy) is 2. The van der Waals surface area contributed by atoms with Crippen LogP contribution in [0.1, 0.15) is 38.5 Å². The van der Waals surface area contributed by atoms with Crippen molar-refractivity contribution in [1.29, 1.82) is 0 Å². The van der Waals surface area contributed by atoms with E-state index in [1.165, 1.54) is 0 Å². The molecule has 0 bridgehead atoms. The van der Waals surface area contributed by atoms with Crippen LogP contribution in [0.2, 0.25) is 0 Å². The van der Waals surface area contributed by atoms with Crippen LogP contribution in [-0.4, -0.2) is 59.1 Å². The van der Waals surface area contributed by atoms with Gasteiger partial charge in [0.05, 0.1) is 38.6 Å². The zero-order chi connectivity index (χ0) is 17.6. The fourth-order valence-electron chi connectivity index (χ4n) is 2.16. The van der Waals surface area contributed by atoms with Crippen molar-refractivity contribution in [3.05, 3.63) is 24.3 Å². The highest BCUT2D eigenvalue weighted by molar-refractivity contribution is 5.31. The number of hydrogen-bond acceptors (Lipinski definition) is 6. The summed E-state index contributed by atoms with van der Waals surface area (Å²) in [6, 6.07) is 7.42. The number of hydrogen-bond donors (Lipinski definition) is 4. The Morgan fingerprint density at radius 1 is 0.667 bits per heavy atom. The second-order valence-electron chi connectivity index (χ2n) is 5.83. The Morgan fingerprint density at radius 3 is 1.38 bits per heavy atom. The van der Waals surface area contributed by atoms with Gasteiger partial charge in [0.15, 0.2) is 0 Å². The minimum atomic E-state index is -0.631. The summed E-state index contributed by atoms with van der Waals surface area (Å²) in [5.41, 5.74) is 0. The van der Waals surface area contributed by atoms with Crippen LogP contribution in [0, 0.1) is 0 Å². The lowest BCUT2D eigenvalue weighted by Crippen LogP contribution is -2.12. The van der Waals surface area contributed by atoms with Crippen LogP contribution in [0.4, 0.5) is 0 Å². The summed E-state index contributed by atoms with van der Waals surface area (Å²) in [5, 5.41) is 35.9. The standard InChI is InChI=1S/C18H30O6/c19-13-15(21)5-1-3-11-23-17-7-9-18(10-8-17)24-12-4-2-6-16(22)14-20/h7-10,15-16,19-22H,1-6,11-14H2/t15-,16-/m1/s1. The number of benzene rings is 1. The summed E-state index contributed by atoms with van der Waals surface area (Å²) >= 11 is 0. The van der Waals surface area contributed by atoms with Gasteiger partial charge in [-0.05, 0) is 62.8 Å². The fourth-order valence-corrected chi connectivity index (χ4v) is 2.16. The Morgan fingerprint density at radius 2 is 1.04 bits per heavy atom. The van der Waals surface area contributed by atoms with Crippen molar-refractivity contribution in [3.63, 3.8) is 0 Å². The van der Waals surface area contributed by atoms with E-state index in [0.29, 0.717) is 26.1 Å². The van der Waals surface area contributed by atoms with Crippen molar-refractivity contribution < 1.29 is 29.9 Å². The molecule has 4 N–H and O–H groups in total. The van der Waals surface area contributed by atoms with Gasteiger partial charge in [-0.1, -0.05) is 0 Å².